The smallest absolute Gasteiger partial charge is 0.135 e. The molecule has 0 radical (unpaired) electrons. The summed E-state index contributed by atoms with van der Waals surface area (Å²) in [5, 5.41) is 4.92. The van der Waals surface area contributed by atoms with Gasteiger partial charge >= 0.3 is 0 Å². The van der Waals surface area contributed by atoms with Crippen LogP contribution in [-0.4, -0.2) is 0 Å². The highest BCUT2D eigenvalue weighted by Gasteiger charge is 2.23. The van der Waals surface area contributed by atoms with Crippen LogP contribution in [0.25, 0.3) is 64.3 Å². The summed E-state index contributed by atoms with van der Waals surface area (Å²) in [6.45, 7) is 0. The van der Waals surface area contributed by atoms with E-state index in [4.69, 9.17) is 4.74 Å². The van der Waals surface area contributed by atoms with Gasteiger partial charge in [-0.1, -0.05) is 121 Å². The maximum Gasteiger partial charge on any atom is 0.135 e. The first-order valence-corrected chi connectivity index (χ1v) is 17.4. The van der Waals surface area contributed by atoms with Gasteiger partial charge in [0.15, 0.2) is 0 Å². The lowest BCUT2D eigenvalue weighted by Crippen LogP contribution is -2.10. The van der Waals surface area contributed by atoms with Crippen LogP contribution < -0.4 is 9.64 Å². The average molecular weight is 644 g/mol. The molecule has 0 unspecified atom stereocenters. The van der Waals surface area contributed by atoms with E-state index in [2.05, 4.69) is 175 Å². The van der Waals surface area contributed by atoms with Crippen molar-refractivity contribution < 1.29 is 4.74 Å². The van der Waals surface area contributed by atoms with Crippen LogP contribution in [0.1, 0.15) is 0 Å². The van der Waals surface area contributed by atoms with Crippen molar-refractivity contribution in [2.24, 2.45) is 0 Å². The summed E-state index contributed by atoms with van der Waals surface area (Å²) >= 11 is 1.86. The van der Waals surface area contributed by atoms with E-state index in [1.165, 1.54) is 47.9 Å². The first-order valence-electron chi connectivity index (χ1n) is 16.6. The maximum absolute atomic E-state index is 6.64. The number of thiophene rings is 1. The molecule has 0 aliphatic carbocycles. The lowest BCUT2D eigenvalue weighted by molar-refractivity contribution is 0.487. The first-order chi connectivity index (χ1) is 24.3. The highest BCUT2D eigenvalue weighted by Crippen LogP contribution is 2.50. The van der Waals surface area contributed by atoms with Gasteiger partial charge in [-0.05, 0) is 87.8 Å². The molecule has 1 aliphatic heterocycles. The zero-order chi connectivity index (χ0) is 32.3. The maximum atomic E-state index is 6.64. The van der Waals surface area contributed by atoms with Gasteiger partial charge < -0.3 is 9.64 Å². The standard InChI is InChI=1S/C46H29NOS/c1-3-12-30(13-4-1)31-24-25-36-39-20-10-19-38-35(26-27-42(45(38)39)48-43(36)29-31)32-14-9-17-34(28-32)47(33-15-5-2-6-16-33)41-22-11-21-40-37-18-7-8-23-44(37)49-46(40)41/h1-29H. The Morgan fingerprint density at radius 1 is 0.408 bits per heavy atom. The van der Waals surface area contributed by atoms with Crippen LogP contribution in [0, 0.1) is 0 Å². The molecule has 0 N–H and O–H groups in total. The number of nitrogens with zero attached hydrogens (tertiary/aromatic N) is 1. The van der Waals surface area contributed by atoms with E-state index in [-0.39, 0.29) is 0 Å². The molecule has 0 saturated carbocycles. The Morgan fingerprint density at radius 2 is 1.10 bits per heavy atom. The average Bonchev–Trinajstić information content (AvgIpc) is 3.56. The zero-order valence-electron chi connectivity index (χ0n) is 26.5. The van der Waals surface area contributed by atoms with Crippen LogP contribution in [0.4, 0.5) is 17.1 Å². The van der Waals surface area contributed by atoms with Gasteiger partial charge in [-0.15, -0.1) is 11.3 Å². The summed E-state index contributed by atoms with van der Waals surface area (Å²) in [5.74, 6) is 1.79. The third kappa shape index (κ3) is 4.55. The fourth-order valence-corrected chi connectivity index (χ4v) is 8.63. The number of anilines is 3. The van der Waals surface area contributed by atoms with Gasteiger partial charge in [-0.3, -0.25) is 0 Å². The van der Waals surface area contributed by atoms with E-state index >= 15 is 0 Å². The van der Waals surface area contributed by atoms with Gasteiger partial charge in [0.25, 0.3) is 0 Å². The second-order valence-corrected chi connectivity index (χ2v) is 13.5. The van der Waals surface area contributed by atoms with Crippen molar-refractivity contribution in [3.63, 3.8) is 0 Å². The number of benzene rings is 8. The summed E-state index contributed by atoms with van der Waals surface area (Å²) in [6, 6.07) is 63.1. The van der Waals surface area contributed by atoms with Crippen LogP contribution in [0.15, 0.2) is 176 Å². The predicted octanol–water partition coefficient (Wildman–Crippen LogP) is 13.8. The van der Waals surface area contributed by atoms with Crippen LogP contribution >= 0.6 is 11.3 Å². The van der Waals surface area contributed by atoms with Gasteiger partial charge in [0.2, 0.25) is 0 Å². The number of hydrogen-bond acceptors (Lipinski definition) is 3. The molecule has 230 valence electrons. The summed E-state index contributed by atoms with van der Waals surface area (Å²) in [7, 11) is 0. The van der Waals surface area contributed by atoms with Crippen molar-refractivity contribution in [3.8, 4) is 44.9 Å². The monoisotopic (exact) mass is 643 g/mol. The van der Waals surface area contributed by atoms with Gasteiger partial charge in [0.05, 0.1) is 10.4 Å². The summed E-state index contributed by atoms with van der Waals surface area (Å²) < 4.78 is 9.22. The second kappa shape index (κ2) is 11.2. The topological polar surface area (TPSA) is 12.5 Å². The van der Waals surface area contributed by atoms with Crippen molar-refractivity contribution >= 4 is 59.3 Å². The van der Waals surface area contributed by atoms with Crippen LogP contribution in [0.3, 0.4) is 0 Å². The fourth-order valence-electron chi connectivity index (χ4n) is 7.42. The molecule has 0 spiro atoms. The molecule has 10 rings (SSSR count). The third-order valence-corrected chi connectivity index (χ3v) is 10.9. The molecule has 2 nitrogen and oxygen atoms in total. The number of hydrogen-bond donors (Lipinski definition) is 0. The molecule has 0 atom stereocenters. The molecule has 0 saturated heterocycles. The number of rotatable bonds is 5. The summed E-state index contributed by atoms with van der Waals surface area (Å²) in [5.41, 5.74) is 10.4. The van der Waals surface area contributed by atoms with Crippen LogP contribution in [-0.2, 0) is 0 Å². The Labute approximate surface area is 288 Å². The summed E-state index contributed by atoms with van der Waals surface area (Å²) in [4.78, 5) is 2.40. The third-order valence-electron chi connectivity index (χ3n) is 9.66. The van der Waals surface area contributed by atoms with Crippen LogP contribution in [0.5, 0.6) is 11.5 Å². The lowest BCUT2D eigenvalue weighted by Gasteiger charge is -2.27. The Morgan fingerprint density at radius 3 is 2.00 bits per heavy atom. The molecule has 1 aromatic heterocycles. The number of fused-ring (bicyclic) bond motifs is 5. The van der Waals surface area contributed by atoms with Crippen molar-refractivity contribution in [2.45, 2.75) is 0 Å². The summed E-state index contributed by atoms with van der Waals surface area (Å²) in [6.07, 6.45) is 0. The number of para-hydroxylation sites is 1. The minimum Gasteiger partial charge on any atom is -0.456 e. The molecule has 9 aromatic rings. The SMILES string of the molecule is c1ccc(-c2ccc3c(c2)Oc2ccc(-c4cccc(N(c5ccccc5)c5cccc6c5sc5ccccc56)c4)c4cccc-3c24)cc1. The van der Waals surface area contributed by atoms with E-state index in [1.807, 2.05) is 17.4 Å². The molecule has 2 heterocycles. The van der Waals surface area contributed by atoms with E-state index in [9.17, 15) is 0 Å². The Hall–Kier alpha value is -6.16. The Balaban J connectivity index is 1.12. The first kappa shape index (κ1) is 27.9. The van der Waals surface area contributed by atoms with Crippen molar-refractivity contribution in [2.75, 3.05) is 4.90 Å². The molecule has 0 bridgehead atoms. The molecule has 1 aliphatic rings. The fraction of sp³-hybridized carbons (Fsp3) is 0. The largest absolute Gasteiger partial charge is 0.456 e. The van der Waals surface area contributed by atoms with E-state index in [1.54, 1.807) is 0 Å². The van der Waals surface area contributed by atoms with Gasteiger partial charge in [0.1, 0.15) is 11.5 Å². The van der Waals surface area contributed by atoms with Crippen molar-refractivity contribution in [1.82, 2.24) is 0 Å². The lowest BCUT2D eigenvalue weighted by atomic mass is 9.89. The molecule has 8 aromatic carbocycles. The van der Waals surface area contributed by atoms with E-state index in [0.717, 1.165) is 45.0 Å². The Bertz CT molecular complexity index is 2690. The molecule has 3 heteroatoms. The van der Waals surface area contributed by atoms with Gasteiger partial charge in [-0.2, -0.15) is 0 Å². The molecule has 0 fully saturated rings. The van der Waals surface area contributed by atoms with Crippen molar-refractivity contribution in [1.29, 1.82) is 0 Å². The highest BCUT2D eigenvalue weighted by molar-refractivity contribution is 7.26. The highest BCUT2D eigenvalue weighted by atomic mass is 32.1. The minimum absolute atomic E-state index is 0.894. The number of ether oxygens (including phenoxy) is 1. The van der Waals surface area contributed by atoms with E-state index in [0.29, 0.717) is 0 Å². The van der Waals surface area contributed by atoms with Gasteiger partial charge in [0, 0.05) is 37.8 Å². The predicted molar refractivity (Wildman–Crippen MR) is 208 cm³/mol. The van der Waals surface area contributed by atoms with Crippen molar-refractivity contribution in [3.05, 3.63) is 176 Å². The van der Waals surface area contributed by atoms with Crippen LogP contribution in [0.2, 0.25) is 0 Å². The van der Waals surface area contributed by atoms with Gasteiger partial charge in [-0.25, -0.2) is 0 Å². The second-order valence-electron chi connectivity index (χ2n) is 12.5. The minimum atomic E-state index is 0.894. The molecular formula is C46H29NOS. The quantitative estimate of drug-likeness (QED) is 0.185. The van der Waals surface area contributed by atoms with E-state index < -0.39 is 0 Å². The normalized spacial score (nSPS) is 11.8. The molecular weight excluding hydrogens is 615 g/mol. The Kier molecular flexibility index (Phi) is 6.39. The molecule has 49 heavy (non-hydrogen) atoms. The zero-order valence-corrected chi connectivity index (χ0v) is 27.3. The molecule has 0 amide bonds.